The molecule has 4 nitrogen and oxygen atoms in total. The van der Waals surface area contributed by atoms with Gasteiger partial charge in [-0.3, -0.25) is 4.98 Å². The molecule has 2 aromatic rings. The minimum atomic E-state index is -0.206. The zero-order valence-corrected chi connectivity index (χ0v) is 11.4. The minimum absolute atomic E-state index is 0.206. The van der Waals surface area contributed by atoms with E-state index in [2.05, 4.69) is 4.98 Å². The number of ether oxygens (including phenoxy) is 2. The van der Waals surface area contributed by atoms with E-state index in [0.717, 1.165) is 16.7 Å². The summed E-state index contributed by atoms with van der Waals surface area (Å²) >= 11 is 0. The highest BCUT2D eigenvalue weighted by molar-refractivity contribution is 5.49. The van der Waals surface area contributed by atoms with Crippen LogP contribution in [0.1, 0.15) is 22.7 Å². The number of hydrogen-bond acceptors (Lipinski definition) is 4. The van der Waals surface area contributed by atoms with Crippen LogP contribution in [0.2, 0.25) is 0 Å². The Hall–Kier alpha value is -2.07. The van der Waals surface area contributed by atoms with Crippen molar-refractivity contribution in [2.24, 2.45) is 5.73 Å². The summed E-state index contributed by atoms with van der Waals surface area (Å²) in [6.45, 7) is 2.01. The summed E-state index contributed by atoms with van der Waals surface area (Å²) in [4.78, 5) is 4.00. The number of methoxy groups -OCH3 is 2. The third kappa shape index (κ3) is 2.69. The van der Waals surface area contributed by atoms with E-state index in [1.165, 1.54) is 0 Å². The minimum Gasteiger partial charge on any atom is -0.493 e. The highest BCUT2D eigenvalue weighted by atomic mass is 16.5. The molecule has 0 saturated carbocycles. The van der Waals surface area contributed by atoms with Crippen LogP contribution in [0.25, 0.3) is 0 Å². The summed E-state index contributed by atoms with van der Waals surface area (Å²) in [5.41, 5.74) is 9.42. The number of nitrogens with two attached hydrogens (primary N) is 1. The van der Waals surface area contributed by atoms with Crippen molar-refractivity contribution in [1.82, 2.24) is 4.98 Å². The summed E-state index contributed by atoms with van der Waals surface area (Å²) in [5, 5.41) is 0. The maximum Gasteiger partial charge on any atom is 0.161 e. The normalized spacial score (nSPS) is 12.0. The molecule has 0 radical (unpaired) electrons. The van der Waals surface area contributed by atoms with Crippen molar-refractivity contribution in [3.8, 4) is 11.5 Å². The Bertz CT molecular complexity index is 556. The molecule has 2 N–H and O–H groups in total. The number of pyridine rings is 1. The molecule has 0 amide bonds. The van der Waals surface area contributed by atoms with Gasteiger partial charge in [-0.15, -0.1) is 0 Å². The molecule has 0 fully saturated rings. The van der Waals surface area contributed by atoms with Crippen molar-refractivity contribution < 1.29 is 9.47 Å². The van der Waals surface area contributed by atoms with Gasteiger partial charge in [0.1, 0.15) is 0 Å². The molecule has 1 unspecified atom stereocenters. The molecule has 0 saturated heterocycles. The molecule has 100 valence electrons. The Balaban J connectivity index is 2.45. The second kappa shape index (κ2) is 5.71. The van der Waals surface area contributed by atoms with Crippen LogP contribution >= 0.6 is 0 Å². The van der Waals surface area contributed by atoms with Crippen molar-refractivity contribution in [3.63, 3.8) is 0 Å². The molecule has 1 aromatic heterocycles. The third-order valence-corrected chi connectivity index (χ3v) is 3.17. The lowest BCUT2D eigenvalue weighted by Crippen LogP contribution is -2.13. The lowest BCUT2D eigenvalue weighted by atomic mass is 9.96. The second-order valence-electron chi connectivity index (χ2n) is 4.32. The molecule has 0 spiro atoms. The molecular formula is C15H18N2O2. The van der Waals surface area contributed by atoms with E-state index in [4.69, 9.17) is 15.2 Å². The second-order valence-corrected chi connectivity index (χ2v) is 4.32. The topological polar surface area (TPSA) is 57.4 Å². The van der Waals surface area contributed by atoms with Gasteiger partial charge in [0, 0.05) is 12.4 Å². The third-order valence-electron chi connectivity index (χ3n) is 3.17. The molecule has 2 rings (SSSR count). The van der Waals surface area contributed by atoms with E-state index in [1.54, 1.807) is 26.6 Å². The fourth-order valence-electron chi connectivity index (χ4n) is 2.08. The summed E-state index contributed by atoms with van der Waals surface area (Å²) < 4.78 is 10.6. The van der Waals surface area contributed by atoms with Crippen LogP contribution in [-0.4, -0.2) is 19.2 Å². The fraction of sp³-hybridized carbons (Fsp3) is 0.267. The van der Waals surface area contributed by atoms with Crippen LogP contribution in [0.3, 0.4) is 0 Å². The first-order valence-corrected chi connectivity index (χ1v) is 6.05. The van der Waals surface area contributed by atoms with Crippen LogP contribution in [0.4, 0.5) is 0 Å². The Morgan fingerprint density at radius 2 is 1.63 bits per heavy atom. The first-order valence-electron chi connectivity index (χ1n) is 6.05. The summed E-state index contributed by atoms with van der Waals surface area (Å²) in [6.07, 6.45) is 3.48. The maximum atomic E-state index is 6.31. The van der Waals surface area contributed by atoms with Crippen molar-refractivity contribution in [1.29, 1.82) is 0 Å². The van der Waals surface area contributed by atoms with Crippen molar-refractivity contribution in [2.45, 2.75) is 13.0 Å². The number of nitrogens with zero attached hydrogens (tertiary/aromatic N) is 1. The van der Waals surface area contributed by atoms with Gasteiger partial charge in [0.05, 0.1) is 20.3 Å². The van der Waals surface area contributed by atoms with Gasteiger partial charge in [0.25, 0.3) is 0 Å². The number of aryl methyl sites for hydroxylation is 1. The first-order chi connectivity index (χ1) is 9.17. The fourth-order valence-corrected chi connectivity index (χ4v) is 2.08. The Morgan fingerprint density at radius 3 is 2.21 bits per heavy atom. The number of benzene rings is 1. The predicted octanol–water partition coefficient (Wildman–Crippen LogP) is 2.46. The zero-order chi connectivity index (χ0) is 13.8. The molecule has 0 bridgehead atoms. The maximum absolute atomic E-state index is 6.31. The van der Waals surface area contributed by atoms with Crippen molar-refractivity contribution >= 4 is 0 Å². The van der Waals surface area contributed by atoms with Gasteiger partial charge in [0.15, 0.2) is 11.5 Å². The first kappa shape index (κ1) is 13.4. The Morgan fingerprint density at radius 1 is 1.05 bits per heavy atom. The van der Waals surface area contributed by atoms with Gasteiger partial charge < -0.3 is 15.2 Å². The number of hydrogen-bond donors (Lipinski definition) is 1. The van der Waals surface area contributed by atoms with E-state index in [1.807, 2.05) is 31.2 Å². The molecule has 1 aromatic carbocycles. The number of aromatic nitrogens is 1. The highest BCUT2D eigenvalue weighted by Crippen LogP contribution is 2.33. The lowest BCUT2D eigenvalue weighted by molar-refractivity contribution is 0.354. The van der Waals surface area contributed by atoms with Gasteiger partial charge in [-0.05, 0) is 47.9 Å². The standard InChI is InChI=1S/C15H18N2O2/c1-10-8-13(18-2)14(19-3)9-12(10)15(16)11-4-6-17-7-5-11/h4-9,15H,16H2,1-3H3. The summed E-state index contributed by atoms with van der Waals surface area (Å²) in [7, 11) is 3.24. The SMILES string of the molecule is COc1cc(C)c(C(N)c2ccncc2)cc1OC. The van der Waals surface area contributed by atoms with Gasteiger partial charge in [-0.25, -0.2) is 0 Å². The smallest absolute Gasteiger partial charge is 0.161 e. The zero-order valence-electron chi connectivity index (χ0n) is 11.4. The van der Waals surface area contributed by atoms with E-state index in [9.17, 15) is 0 Å². The molecule has 0 aliphatic rings. The molecular weight excluding hydrogens is 240 g/mol. The summed E-state index contributed by atoms with van der Waals surface area (Å²) in [5.74, 6) is 1.40. The lowest BCUT2D eigenvalue weighted by Gasteiger charge is -2.18. The van der Waals surface area contributed by atoms with Gasteiger partial charge in [0.2, 0.25) is 0 Å². The van der Waals surface area contributed by atoms with E-state index >= 15 is 0 Å². The van der Waals surface area contributed by atoms with Crippen LogP contribution in [0.5, 0.6) is 11.5 Å². The Labute approximate surface area is 113 Å². The predicted molar refractivity (Wildman–Crippen MR) is 74.6 cm³/mol. The van der Waals surface area contributed by atoms with E-state index in [0.29, 0.717) is 11.5 Å². The average Bonchev–Trinajstić information content (AvgIpc) is 2.47. The van der Waals surface area contributed by atoms with E-state index in [-0.39, 0.29) is 6.04 Å². The van der Waals surface area contributed by atoms with Gasteiger partial charge in [-0.2, -0.15) is 0 Å². The van der Waals surface area contributed by atoms with Crippen LogP contribution in [0.15, 0.2) is 36.7 Å². The largest absolute Gasteiger partial charge is 0.493 e. The molecule has 0 aliphatic carbocycles. The molecule has 1 atom stereocenters. The summed E-state index contributed by atoms with van der Waals surface area (Å²) in [6, 6.07) is 7.50. The van der Waals surface area contributed by atoms with Gasteiger partial charge >= 0.3 is 0 Å². The van der Waals surface area contributed by atoms with Crippen LogP contribution in [-0.2, 0) is 0 Å². The highest BCUT2D eigenvalue weighted by Gasteiger charge is 2.15. The molecule has 19 heavy (non-hydrogen) atoms. The van der Waals surface area contributed by atoms with Gasteiger partial charge in [-0.1, -0.05) is 0 Å². The molecule has 1 heterocycles. The van der Waals surface area contributed by atoms with Crippen LogP contribution in [0, 0.1) is 6.92 Å². The molecule has 4 heteroatoms. The monoisotopic (exact) mass is 258 g/mol. The quantitative estimate of drug-likeness (QED) is 0.915. The van der Waals surface area contributed by atoms with Crippen molar-refractivity contribution in [3.05, 3.63) is 53.3 Å². The van der Waals surface area contributed by atoms with E-state index < -0.39 is 0 Å². The Kier molecular flexibility index (Phi) is 4.02. The van der Waals surface area contributed by atoms with Crippen molar-refractivity contribution in [2.75, 3.05) is 14.2 Å². The number of rotatable bonds is 4. The average molecular weight is 258 g/mol. The van der Waals surface area contributed by atoms with Crippen LogP contribution < -0.4 is 15.2 Å². The molecule has 0 aliphatic heterocycles.